The number of pyridine rings is 1. The highest BCUT2D eigenvalue weighted by Crippen LogP contribution is 2.25. The number of carbonyl (C=O) groups is 1. The second-order valence-corrected chi connectivity index (χ2v) is 7.88. The van der Waals surface area contributed by atoms with Gasteiger partial charge in [-0.2, -0.15) is 5.10 Å². The Morgan fingerprint density at radius 1 is 1.29 bits per heavy atom. The van der Waals surface area contributed by atoms with Crippen LogP contribution in [0.3, 0.4) is 0 Å². The first-order valence-corrected chi connectivity index (χ1v) is 10.4. The maximum atomic E-state index is 12.3. The first-order chi connectivity index (χ1) is 13.5. The van der Waals surface area contributed by atoms with Crippen LogP contribution in [0.15, 0.2) is 6.20 Å². The molecule has 0 radical (unpaired) electrons. The van der Waals surface area contributed by atoms with E-state index in [0.29, 0.717) is 12.8 Å². The van der Waals surface area contributed by atoms with E-state index in [2.05, 4.69) is 36.1 Å². The van der Waals surface area contributed by atoms with E-state index in [-0.39, 0.29) is 11.9 Å². The topological polar surface area (TPSA) is 72.3 Å². The molecule has 2 aromatic rings. The minimum atomic E-state index is 0.110. The fourth-order valence-electron chi connectivity index (χ4n) is 3.82. The van der Waals surface area contributed by atoms with Crippen molar-refractivity contribution in [2.45, 2.75) is 53.0 Å². The molecule has 1 saturated heterocycles. The van der Waals surface area contributed by atoms with Gasteiger partial charge >= 0.3 is 0 Å². The number of ether oxygens (including phenoxy) is 1. The molecule has 7 heteroatoms. The van der Waals surface area contributed by atoms with Crippen LogP contribution in [-0.2, 0) is 16.0 Å². The van der Waals surface area contributed by atoms with Crippen molar-refractivity contribution < 1.29 is 9.53 Å². The quantitative estimate of drug-likeness (QED) is 0.704. The molecule has 0 aliphatic carbocycles. The van der Waals surface area contributed by atoms with Crippen LogP contribution in [0.5, 0.6) is 0 Å². The van der Waals surface area contributed by atoms with Crippen LogP contribution in [-0.4, -0.2) is 65.0 Å². The summed E-state index contributed by atoms with van der Waals surface area (Å²) >= 11 is 0. The highest BCUT2D eigenvalue weighted by molar-refractivity contribution is 5.81. The summed E-state index contributed by atoms with van der Waals surface area (Å²) in [5, 5.41) is 8.62. The Bertz CT molecular complexity index is 809. The Morgan fingerprint density at radius 2 is 2.04 bits per heavy atom. The van der Waals surface area contributed by atoms with Gasteiger partial charge in [0, 0.05) is 43.2 Å². The molecule has 1 fully saturated rings. The number of morpholine rings is 1. The molecule has 0 unspecified atom stereocenters. The molecule has 2 aromatic heterocycles. The lowest BCUT2D eigenvalue weighted by atomic mass is 10.0. The molecule has 1 aliphatic rings. The van der Waals surface area contributed by atoms with E-state index in [9.17, 15) is 4.79 Å². The van der Waals surface area contributed by atoms with Crippen LogP contribution in [0, 0.1) is 13.8 Å². The fourth-order valence-corrected chi connectivity index (χ4v) is 3.82. The summed E-state index contributed by atoms with van der Waals surface area (Å²) in [6, 6.07) is 0.276. The van der Waals surface area contributed by atoms with Crippen LogP contribution in [0.2, 0.25) is 0 Å². The highest BCUT2D eigenvalue weighted by Gasteiger charge is 2.16. The van der Waals surface area contributed by atoms with Gasteiger partial charge in [-0.25, -0.2) is 9.67 Å². The van der Waals surface area contributed by atoms with Gasteiger partial charge in [0.05, 0.1) is 19.4 Å². The minimum Gasteiger partial charge on any atom is -0.379 e. The third kappa shape index (κ3) is 4.89. The van der Waals surface area contributed by atoms with E-state index < -0.39 is 0 Å². The Hall–Kier alpha value is -1.99. The lowest BCUT2D eigenvalue weighted by molar-refractivity contribution is -0.121. The molecule has 1 amide bonds. The third-order valence-electron chi connectivity index (χ3n) is 5.50. The molecule has 154 valence electrons. The van der Waals surface area contributed by atoms with Crippen molar-refractivity contribution in [3.63, 3.8) is 0 Å². The molecule has 0 spiro atoms. The summed E-state index contributed by atoms with van der Waals surface area (Å²) in [5.41, 5.74) is 4.28. The number of carbonyl (C=O) groups excluding carboxylic acids is 1. The molecule has 0 bridgehead atoms. The molecule has 3 heterocycles. The molecule has 0 saturated carbocycles. The lowest BCUT2D eigenvalue weighted by Crippen LogP contribution is -2.38. The molecule has 0 aromatic carbocycles. The van der Waals surface area contributed by atoms with Gasteiger partial charge in [-0.05, 0) is 58.2 Å². The molecule has 1 aliphatic heterocycles. The fraction of sp³-hybridized carbons (Fsp3) is 0.667. The SMILES string of the molecule is Cc1nc2c(cnn2C(C)C)c(C)c1CCC(=O)NCCCN1CCOCC1. The maximum absolute atomic E-state index is 12.3. The lowest BCUT2D eigenvalue weighted by Gasteiger charge is -2.26. The molecular weight excluding hydrogens is 354 g/mol. The number of amides is 1. The molecule has 28 heavy (non-hydrogen) atoms. The van der Waals surface area contributed by atoms with Crippen molar-refractivity contribution in [2.24, 2.45) is 0 Å². The number of aryl methyl sites for hydroxylation is 2. The second kappa shape index (κ2) is 9.47. The second-order valence-electron chi connectivity index (χ2n) is 7.88. The average molecular weight is 388 g/mol. The smallest absolute Gasteiger partial charge is 0.220 e. The van der Waals surface area contributed by atoms with E-state index in [1.165, 1.54) is 11.1 Å². The van der Waals surface area contributed by atoms with Gasteiger partial charge in [0.15, 0.2) is 5.65 Å². The molecule has 1 N–H and O–H groups in total. The largest absolute Gasteiger partial charge is 0.379 e. The van der Waals surface area contributed by atoms with Crippen molar-refractivity contribution in [3.05, 3.63) is 23.0 Å². The van der Waals surface area contributed by atoms with Crippen molar-refractivity contribution in [2.75, 3.05) is 39.4 Å². The van der Waals surface area contributed by atoms with Crippen molar-refractivity contribution in [1.29, 1.82) is 0 Å². The summed E-state index contributed by atoms with van der Waals surface area (Å²) in [5.74, 6) is 0.110. The number of hydrogen-bond acceptors (Lipinski definition) is 5. The zero-order valence-corrected chi connectivity index (χ0v) is 17.6. The van der Waals surface area contributed by atoms with Crippen LogP contribution >= 0.6 is 0 Å². The Morgan fingerprint density at radius 3 is 2.75 bits per heavy atom. The predicted molar refractivity (Wildman–Crippen MR) is 111 cm³/mol. The maximum Gasteiger partial charge on any atom is 0.220 e. The van der Waals surface area contributed by atoms with Crippen molar-refractivity contribution in [1.82, 2.24) is 25.0 Å². The summed E-state index contributed by atoms with van der Waals surface area (Å²) in [6.45, 7) is 13.7. The molecule has 3 rings (SSSR count). The Labute approximate surface area is 167 Å². The first kappa shape index (κ1) is 20.7. The van der Waals surface area contributed by atoms with Crippen LogP contribution < -0.4 is 5.32 Å². The van der Waals surface area contributed by atoms with Crippen LogP contribution in [0.1, 0.15) is 49.6 Å². The number of nitrogens with zero attached hydrogens (tertiary/aromatic N) is 4. The zero-order valence-electron chi connectivity index (χ0n) is 17.6. The van der Waals surface area contributed by atoms with E-state index in [1.54, 1.807) is 0 Å². The summed E-state index contributed by atoms with van der Waals surface area (Å²) < 4.78 is 7.31. The standard InChI is InChI=1S/C21H33N5O2/c1-15(2)26-21-19(14-23-26)16(3)18(17(4)24-21)6-7-20(27)22-8-5-9-25-10-12-28-13-11-25/h14-15H,5-13H2,1-4H3,(H,22,27). The van der Waals surface area contributed by atoms with Crippen LogP contribution in [0.25, 0.3) is 11.0 Å². The summed E-state index contributed by atoms with van der Waals surface area (Å²) in [4.78, 5) is 19.4. The summed E-state index contributed by atoms with van der Waals surface area (Å²) in [6.07, 6.45) is 4.07. The minimum absolute atomic E-state index is 0.110. The van der Waals surface area contributed by atoms with Gasteiger partial charge in [-0.3, -0.25) is 9.69 Å². The zero-order chi connectivity index (χ0) is 20.1. The van der Waals surface area contributed by atoms with Crippen molar-refractivity contribution in [3.8, 4) is 0 Å². The predicted octanol–water partition coefficient (Wildman–Crippen LogP) is 2.40. The normalized spacial score (nSPS) is 15.5. The first-order valence-electron chi connectivity index (χ1n) is 10.4. The third-order valence-corrected chi connectivity index (χ3v) is 5.50. The molecular formula is C21H33N5O2. The summed E-state index contributed by atoms with van der Waals surface area (Å²) in [7, 11) is 0. The van der Waals surface area contributed by atoms with Gasteiger partial charge in [0.25, 0.3) is 0 Å². The highest BCUT2D eigenvalue weighted by atomic mass is 16.5. The number of aromatic nitrogens is 3. The number of fused-ring (bicyclic) bond motifs is 1. The van der Waals surface area contributed by atoms with Crippen LogP contribution in [0.4, 0.5) is 0 Å². The number of nitrogens with one attached hydrogen (secondary N) is 1. The van der Waals surface area contributed by atoms with E-state index in [1.807, 2.05) is 17.8 Å². The number of hydrogen-bond donors (Lipinski definition) is 1. The molecule has 0 atom stereocenters. The van der Waals surface area contributed by atoms with E-state index >= 15 is 0 Å². The van der Waals surface area contributed by atoms with E-state index in [4.69, 9.17) is 9.72 Å². The number of rotatable bonds is 8. The van der Waals surface area contributed by atoms with Gasteiger partial charge in [0.1, 0.15) is 0 Å². The Kier molecular flexibility index (Phi) is 7.02. The van der Waals surface area contributed by atoms with Gasteiger partial charge < -0.3 is 10.1 Å². The van der Waals surface area contributed by atoms with Crippen molar-refractivity contribution >= 4 is 16.9 Å². The van der Waals surface area contributed by atoms with Gasteiger partial charge in [-0.15, -0.1) is 0 Å². The Balaban J connectivity index is 1.51. The monoisotopic (exact) mass is 387 g/mol. The molecule has 7 nitrogen and oxygen atoms in total. The van der Waals surface area contributed by atoms with Gasteiger partial charge in [0.2, 0.25) is 5.91 Å². The van der Waals surface area contributed by atoms with E-state index in [0.717, 1.165) is 62.5 Å². The van der Waals surface area contributed by atoms with Gasteiger partial charge in [-0.1, -0.05) is 0 Å². The average Bonchev–Trinajstić information content (AvgIpc) is 3.10.